The van der Waals surface area contributed by atoms with Gasteiger partial charge in [0.25, 0.3) is 0 Å². The van der Waals surface area contributed by atoms with Crippen molar-refractivity contribution >= 4 is 29.3 Å². The molecule has 132 valence electrons. The average Bonchev–Trinajstić information content (AvgIpc) is 2.83. The van der Waals surface area contributed by atoms with Crippen molar-refractivity contribution in [3.05, 3.63) is 45.9 Å². The van der Waals surface area contributed by atoms with Gasteiger partial charge in [-0.3, -0.25) is 9.59 Å². The number of carbonyl (C=O) groups excluding carboxylic acids is 2. The standard InChI is InChI=1S/C17H17ClFN3O3/c1-3-25-14(24)8-22-17-15(9(2)21-22)10(7-13(23)20-17)16-11(18)5-4-6-12(16)19/h4-6,10H,3,7-8H2,1-2H3,(H,20,23). The third kappa shape index (κ3) is 3.24. The first-order chi connectivity index (χ1) is 11.9. The van der Waals surface area contributed by atoms with Gasteiger partial charge in [0, 0.05) is 28.5 Å². The van der Waals surface area contributed by atoms with E-state index in [1.165, 1.54) is 16.8 Å². The summed E-state index contributed by atoms with van der Waals surface area (Å²) in [5, 5.41) is 7.30. The minimum atomic E-state index is -0.562. The van der Waals surface area contributed by atoms with Crippen molar-refractivity contribution in [1.82, 2.24) is 9.78 Å². The Hall–Kier alpha value is -2.41. The number of rotatable bonds is 4. The summed E-state index contributed by atoms with van der Waals surface area (Å²) in [6, 6.07) is 4.41. The van der Waals surface area contributed by atoms with Gasteiger partial charge in [-0.15, -0.1) is 0 Å². The fourth-order valence-corrected chi connectivity index (χ4v) is 3.44. The van der Waals surface area contributed by atoms with E-state index >= 15 is 0 Å². The van der Waals surface area contributed by atoms with E-state index in [2.05, 4.69) is 10.4 Å². The molecule has 1 aliphatic rings. The van der Waals surface area contributed by atoms with E-state index in [0.717, 1.165) is 0 Å². The third-order valence-corrected chi connectivity index (χ3v) is 4.43. The maximum Gasteiger partial charge on any atom is 0.327 e. The van der Waals surface area contributed by atoms with Crippen LogP contribution in [0.2, 0.25) is 5.02 Å². The van der Waals surface area contributed by atoms with E-state index < -0.39 is 17.7 Å². The molecule has 0 saturated heterocycles. The molecule has 25 heavy (non-hydrogen) atoms. The Labute approximate surface area is 148 Å². The van der Waals surface area contributed by atoms with Gasteiger partial charge in [-0.1, -0.05) is 17.7 Å². The number of aryl methyl sites for hydroxylation is 1. The number of hydrogen-bond acceptors (Lipinski definition) is 4. The number of aromatic nitrogens is 2. The summed E-state index contributed by atoms with van der Waals surface area (Å²) in [6.07, 6.45) is 0.0552. The maximum absolute atomic E-state index is 14.4. The minimum absolute atomic E-state index is 0.0552. The summed E-state index contributed by atoms with van der Waals surface area (Å²) in [6.45, 7) is 3.57. The van der Waals surface area contributed by atoms with Gasteiger partial charge in [0.05, 0.1) is 12.3 Å². The van der Waals surface area contributed by atoms with Crippen LogP contribution in [0.1, 0.15) is 36.1 Å². The molecule has 8 heteroatoms. The summed E-state index contributed by atoms with van der Waals surface area (Å²) in [5.41, 5.74) is 1.53. The lowest BCUT2D eigenvalue weighted by Gasteiger charge is -2.25. The number of hydrogen-bond donors (Lipinski definition) is 1. The molecule has 1 atom stereocenters. The maximum atomic E-state index is 14.4. The van der Waals surface area contributed by atoms with Crippen molar-refractivity contribution in [1.29, 1.82) is 0 Å². The molecule has 1 N–H and O–H groups in total. The highest BCUT2D eigenvalue weighted by atomic mass is 35.5. The molecule has 0 bridgehead atoms. The highest BCUT2D eigenvalue weighted by molar-refractivity contribution is 6.31. The number of nitrogens with one attached hydrogen (secondary N) is 1. The fraction of sp³-hybridized carbons (Fsp3) is 0.353. The number of carbonyl (C=O) groups is 2. The molecule has 2 heterocycles. The molecular weight excluding hydrogens is 349 g/mol. The Bertz CT molecular complexity index is 830. The van der Waals surface area contributed by atoms with E-state index in [1.54, 1.807) is 19.9 Å². The van der Waals surface area contributed by atoms with E-state index in [0.29, 0.717) is 17.1 Å². The molecule has 0 aliphatic carbocycles. The Morgan fingerprint density at radius 2 is 2.24 bits per heavy atom. The molecule has 1 aliphatic heterocycles. The smallest absolute Gasteiger partial charge is 0.327 e. The molecule has 2 aromatic rings. The van der Waals surface area contributed by atoms with Crippen LogP contribution < -0.4 is 5.32 Å². The molecule has 1 aromatic heterocycles. The highest BCUT2D eigenvalue weighted by Gasteiger charge is 2.35. The summed E-state index contributed by atoms with van der Waals surface area (Å²) in [7, 11) is 0. The van der Waals surface area contributed by atoms with Gasteiger partial charge in [-0.25, -0.2) is 9.07 Å². The van der Waals surface area contributed by atoms with Crippen molar-refractivity contribution < 1.29 is 18.7 Å². The summed E-state index contributed by atoms with van der Waals surface area (Å²) in [4.78, 5) is 23.9. The first-order valence-corrected chi connectivity index (χ1v) is 8.26. The zero-order valence-electron chi connectivity index (χ0n) is 13.8. The van der Waals surface area contributed by atoms with Crippen molar-refractivity contribution in [2.45, 2.75) is 32.7 Å². The summed E-state index contributed by atoms with van der Waals surface area (Å²) >= 11 is 6.19. The number of halogens is 2. The normalized spacial score (nSPS) is 16.3. The van der Waals surface area contributed by atoms with Crippen LogP contribution in [0, 0.1) is 12.7 Å². The Morgan fingerprint density at radius 3 is 2.92 bits per heavy atom. The van der Waals surface area contributed by atoms with Crippen LogP contribution >= 0.6 is 11.6 Å². The third-order valence-electron chi connectivity index (χ3n) is 4.10. The van der Waals surface area contributed by atoms with E-state index in [-0.39, 0.29) is 36.1 Å². The molecule has 0 fully saturated rings. The quantitative estimate of drug-likeness (QED) is 0.845. The van der Waals surface area contributed by atoms with Crippen LogP contribution in [0.3, 0.4) is 0 Å². The molecule has 1 aromatic carbocycles. The lowest BCUT2D eigenvalue weighted by molar-refractivity contribution is -0.144. The average molecular weight is 366 g/mol. The number of esters is 1. The largest absolute Gasteiger partial charge is 0.465 e. The fourth-order valence-electron chi connectivity index (χ4n) is 3.15. The van der Waals surface area contributed by atoms with Gasteiger partial charge < -0.3 is 10.1 Å². The van der Waals surface area contributed by atoms with E-state index in [4.69, 9.17) is 16.3 Å². The van der Waals surface area contributed by atoms with Crippen molar-refractivity contribution in [3.63, 3.8) is 0 Å². The van der Waals surface area contributed by atoms with E-state index in [9.17, 15) is 14.0 Å². The van der Waals surface area contributed by atoms with Crippen LogP contribution in [0.5, 0.6) is 0 Å². The second-order valence-corrected chi connectivity index (χ2v) is 6.16. The van der Waals surface area contributed by atoms with Gasteiger partial charge in [-0.05, 0) is 26.0 Å². The Morgan fingerprint density at radius 1 is 1.48 bits per heavy atom. The first kappa shape index (κ1) is 17.4. The minimum Gasteiger partial charge on any atom is -0.465 e. The summed E-state index contributed by atoms with van der Waals surface area (Å²) in [5.74, 6) is -1.41. The molecule has 0 saturated carbocycles. The SMILES string of the molecule is CCOC(=O)Cn1nc(C)c2c1NC(=O)CC2c1c(F)cccc1Cl. The van der Waals surface area contributed by atoms with Crippen LogP contribution in [0.25, 0.3) is 0 Å². The number of nitrogens with zero attached hydrogens (tertiary/aromatic N) is 2. The zero-order valence-corrected chi connectivity index (χ0v) is 14.6. The van der Waals surface area contributed by atoms with Gasteiger partial charge in [0.2, 0.25) is 5.91 Å². The number of anilines is 1. The van der Waals surface area contributed by atoms with Crippen LogP contribution in [-0.2, 0) is 20.9 Å². The lowest BCUT2D eigenvalue weighted by atomic mass is 9.85. The highest BCUT2D eigenvalue weighted by Crippen LogP contribution is 2.42. The van der Waals surface area contributed by atoms with Gasteiger partial charge in [0.1, 0.15) is 18.2 Å². The summed E-state index contributed by atoms with van der Waals surface area (Å²) < 4.78 is 20.7. The Kier molecular flexibility index (Phi) is 4.76. The molecule has 0 radical (unpaired) electrons. The molecule has 3 rings (SSSR count). The number of fused-ring (bicyclic) bond motifs is 1. The first-order valence-electron chi connectivity index (χ1n) is 7.89. The molecular formula is C17H17ClFN3O3. The predicted octanol–water partition coefficient (Wildman–Crippen LogP) is 3.02. The van der Waals surface area contributed by atoms with Gasteiger partial charge >= 0.3 is 5.97 Å². The predicted molar refractivity (Wildman–Crippen MR) is 90.1 cm³/mol. The molecule has 1 unspecified atom stereocenters. The second-order valence-electron chi connectivity index (χ2n) is 5.75. The number of ether oxygens (including phenoxy) is 1. The zero-order chi connectivity index (χ0) is 18.1. The van der Waals surface area contributed by atoms with Crippen molar-refractivity contribution in [2.24, 2.45) is 0 Å². The molecule has 1 amide bonds. The van der Waals surface area contributed by atoms with Gasteiger partial charge in [-0.2, -0.15) is 5.10 Å². The van der Waals surface area contributed by atoms with Crippen molar-refractivity contribution in [3.8, 4) is 0 Å². The monoisotopic (exact) mass is 365 g/mol. The molecule has 0 spiro atoms. The topological polar surface area (TPSA) is 73.2 Å². The van der Waals surface area contributed by atoms with Gasteiger partial charge in [0.15, 0.2) is 0 Å². The van der Waals surface area contributed by atoms with E-state index in [1.807, 2.05) is 0 Å². The Balaban J connectivity index is 2.08. The van der Waals surface area contributed by atoms with Crippen LogP contribution in [-0.4, -0.2) is 28.3 Å². The second kappa shape index (κ2) is 6.84. The number of benzene rings is 1. The molecule has 6 nitrogen and oxygen atoms in total. The lowest BCUT2D eigenvalue weighted by Crippen LogP contribution is -2.27. The van der Waals surface area contributed by atoms with Crippen molar-refractivity contribution in [2.75, 3.05) is 11.9 Å². The number of amides is 1. The van der Waals surface area contributed by atoms with Crippen LogP contribution in [0.4, 0.5) is 10.2 Å². The van der Waals surface area contributed by atoms with Crippen LogP contribution in [0.15, 0.2) is 18.2 Å².